The van der Waals surface area contributed by atoms with Crippen LogP contribution < -0.4 is 0 Å². The standard InChI is InChI=1S/C9H7BrCl2O/c1-5-2-6(10)3-7(9(5)12)8(13)4-11/h2-3H,4H2,1H3. The molecule has 0 aliphatic heterocycles. The maximum atomic E-state index is 11.3. The number of carbonyl (C=O) groups excluding carboxylic acids is 1. The molecule has 0 unspecified atom stereocenters. The zero-order valence-electron chi connectivity index (χ0n) is 6.90. The quantitative estimate of drug-likeness (QED) is 0.595. The van der Waals surface area contributed by atoms with Crippen LogP contribution in [0.5, 0.6) is 0 Å². The molecule has 0 saturated heterocycles. The summed E-state index contributed by atoms with van der Waals surface area (Å²) in [5.41, 5.74) is 1.34. The number of hydrogen-bond donors (Lipinski definition) is 0. The first-order chi connectivity index (χ1) is 6.06. The maximum absolute atomic E-state index is 11.3. The van der Waals surface area contributed by atoms with E-state index in [-0.39, 0.29) is 11.7 Å². The summed E-state index contributed by atoms with van der Waals surface area (Å²) in [6, 6.07) is 3.54. The molecule has 1 aromatic carbocycles. The Balaban J connectivity index is 3.28. The van der Waals surface area contributed by atoms with E-state index in [1.54, 1.807) is 6.07 Å². The smallest absolute Gasteiger partial charge is 0.179 e. The zero-order chi connectivity index (χ0) is 10.0. The summed E-state index contributed by atoms with van der Waals surface area (Å²) >= 11 is 14.7. The van der Waals surface area contributed by atoms with Crippen LogP contribution in [0.25, 0.3) is 0 Å². The topological polar surface area (TPSA) is 17.1 Å². The van der Waals surface area contributed by atoms with Gasteiger partial charge < -0.3 is 0 Å². The summed E-state index contributed by atoms with van der Waals surface area (Å²) in [6.45, 7) is 1.85. The molecule has 0 saturated carbocycles. The summed E-state index contributed by atoms with van der Waals surface area (Å²) in [5, 5.41) is 0.480. The summed E-state index contributed by atoms with van der Waals surface area (Å²) in [5.74, 6) is -0.202. The second kappa shape index (κ2) is 4.45. The molecule has 0 heterocycles. The van der Waals surface area contributed by atoms with E-state index in [9.17, 15) is 4.79 Å². The van der Waals surface area contributed by atoms with E-state index in [4.69, 9.17) is 23.2 Å². The van der Waals surface area contributed by atoms with Crippen LogP contribution in [0.1, 0.15) is 15.9 Å². The first kappa shape index (κ1) is 11.0. The van der Waals surface area contributed by atoms with Crippen molar-refractivity contribution in [1.29, 1.82) is 0 Å². The zero-order valence-corrected chi connectivity index (χ0v) is 10.0. The highest BCUT2D eigenvalue weighted by atomic mass is 79.9. The molecule has 1 nitrogen and oxygen atoms in total. The van der Waals surface area contributed by atoms with E-state index >= 15 is 0 Å². The van der Waals surface area contributed by atoms with Crippen molar-refractivity contribution in [2.45, 2.75) is 6.92 Å². The Morgan fingerprint density at radius 3 is 2.69 bits per heavy atom. The number of hydrogen-bond acceptors (Lipinski definition) is 1. The van der Waals surface area contributed by atoms with Gasteiger partial charge in [-0.3, -0.25) is 4.79 Å². The highest BCUT2D eigenvalue weighted by Crippen LogP contribution is 2.26. The number of alkyl halides is 1. The van der Waals surface area contributed by atoms with Crippen LogP contribution in [0.15, 0.2) is 16.6 Å². The van der Waals surface area contributed by atoms with Gasteiger partial charge in [-0.1, -0.05) is 27.5 Å². The molecule has 0 aliphatic carbocycles. The lowest BCUT2D eigenvalue weighted by Gasteiger charge is -2.05. The van der Waals surface area contributed by atoms with Gasteiger partial charge in [0.05, 0.1) is 10.9 Å². The Bertz CT molecular complexity index is 350. The summed E-state index contributed by atoms with van der Waals surface area (Å²) < 4.78 is 0.836. The molecule has 0 amide bonds. The van der Waals surface area contributed by atoms with Crippen molar-refractivity contribution >= 4 is 44.9 Å². The normalized spacial score (nSPS) is 10.2. The van der Waals surface area contributed by atoms with E-state index in [1.165, 1.54) is 0 Å². The second-order valence-corrected chi connectivity index (χ2v) is 4.20. The Labute approximate surface area is 95.2 Å². The Morgan fingerprint density at radius 2 is 2.15 bits per heavy atom. The van der Waals surface area contributed by atoms with Gasteiger partial charge in [0, 0.05) is 10.0 Å². The van der Waals surface area contributed by atoms with Gasteiger partial charge in [0.15, 0.2) is 5.78 Å². The third-order valence-corrected chi connectivity index (χ3v) is 2.84. The van der Waals surface area contributed by atoms with Crippen molar-refractivity contribution in [3.8, 4) is 0 Å². The fourth-order valence-electron chi connectivity index (χ4n) is 1.00. The molecule has 1 rings (SSSR count). The van der Waals surface area contributed by atoms with Gasteiger partial charge in [0.25, 0.3) is 0 Å². The number of benzene rings is 1. The molecular weight excluding hydrogens is 275 g/mol. The Kier molecular flexibility index (Phi) is 3.77. The Morgan fingerprint density at radius 1 is 1.54 bits per heavy atom. The molecule has 0 aromatic heterocycles. The average molecular weight is 282 g/mol. The van der Waals surface area contributed by atoms with Gasteiger partial charge in [-0.05, 0) is 24.6 Å². The molecule has 0 fully saturated rings. The molecule has 0 N–H and O–H groups in total. The first-order valence-electron chi connectivity index (χ1n) is 3.61. The van der Waals surface area contributed by atoms with Gasteiger partial charge in [-0.15, -0.1) is 11.6 Å². The number of carbonyl (C=O) groups is 1. The highest BCUT2D eigenvalue weighted by molar-refractivity contribution is 9.10. The SMILES string of the molecule is Cc1cc(Br)cc(C(=O)CCl)c1Cl. The van der Waals surface area contributed by atoms with E-state index < -0.39 is 0 Å². The molecular formula is C9H7BrCl2O. The summed E-state index contributed by atoms with van der Waals surface area (Å²) in [7, 11) is 0. The molecule has 0 aliphatic rings. The van der Waals surface area contributed by atoms with Crippen molar-refractivity contribution in [3.63, 3.8) is 0 Å². The Hall–Kier alpha value is -0.0500. The molecule has 1 aromatic rings. The third kappa shape index (κ3) is 2.46. The minimum absolute atomic E-state index is 0.0460. The van der Waals surface area contributed by atoms with E-state index in [0.29, 0.717) is 10.6 Å². The predicted molar refractivity (Wildman–Crippen MR) is 58.9 cm³/mol. The largest absolute Gasteiger partial charge is 0.293 e. The van der Waals surface area contributed by atoms with Crippen LogP contribution >= 0.6 is 39.1 Å². The van der Waals surface area contributed by atoms with Crippen LogP contribution in [-0.2, 0) is 0 Å². The monoisotopic (exact) mass is 280 g/mol. The van der Waals surface area contributed by atoms with E-state index in [1.807, 2.05) is 13.0 Å². The van der Waals surface area contributed by atoms with Gasteiger partial charge in [-0.2, -0.15) is 0 Å². The molecule has 0 bridgehead atoms. The first-order valence-corrected chi connectivity index (χ1v) is 5.31. The van der Waals surface area contributed by atoms with Crippen LogP contribution in [0.3, 0.4) is 0 Å². The molecule has 13 heavy (non-hydrogen) atoms. The van der Waals surface area contributed by atoms with Crippen molar-refractivity contribution in [3.05, 3.63) is 32.8 Å². The fourth-order valence-corrected chi connectivity index (χ4v) is 1.93. The van der Waals surface area contributed by atoms with Gasteiger partial charge in [0.2, 0.25) is 0 Å². The van der Waals surface area contributed by atoms with Crippen molar-refractivity contribution in [2.24, 2.45) is 0 Å². The lowest BCUT2D eigenvalue weighted by atomic mass is 10.1. The molecule has 0 spiro atoms. The van der Waals surface area contributed by atoms with Gasteiger partial charge in [0.1, 0.15) is 0 Å². The second-order valence-electron chi connectivity index (χ2n) is 2.64. The number of Topliss-reactive ketones (excluding diaryl/α,β-unsaturated/α-hetero) is 1. The molecule has 0 radical (unpaired) electrons. The number of rotatable bonds is 2. The highest BCUT2D eigenvalue weighted by Gasteiger charge is 2.11. The van der Waals surface area contributed by atoms with Crippen molar-refractivity contribution < 1.29 is 4.79 Å². The van der Waals surface area contributed by atoms with E-state index in [2.05, 4.69) is 15.9 Å². The summed E-state index contributed by atoms with van der Waals surface area (Å²) in [6.07, 6.45) is 0. The molecule has 4 heteroatoms. The van der Waals surface area contributed by atoms with Gasteiger partial charge >= 0.3 is 0 Å². The van der Waals surface area contributed by atoms with Crippen LogP contribution in [0, 0.1) is 6.92 Å². The number of ketones is 1. The molecule has 70 valence electrons. The maximum Gasteiger partial charge on any atom is 0.179 e. The lowest BCUT2D eigenvalue weighted by Crippen LogP contribution is -2.02. The third-order valence-electron chi connectivity index (χ3n) is 1.64. The predicted octanol–water partition coefficient (Wildman–Crippen LogP) is 3.83. The van der Waals surface area contributed by atoms with Crippen molar-refractivity contribution in [1.82, 2.24) is 0 Å². The fraction of sp³-hybridized carbons (Fsp3) is 0.222. The van der Waals surface area contributed by atoms with Crippen LogP contribution in [0.4, 0.5) is 0 Å². The van der Waals surface area contributed by atoms with Crippen LogP contribution in [-0.4, -0.2) is 11.7 Å². The lowest BCUT2D eigenvalue weighted by molar-refractivity contribution is 0.102. The van der Waals surface area contributed by atoms with E-state index in [0.717, 1.165) is 10.0 Å². The van der Waals surface area contributed by atoms with Crippen molar-refractivity contribution in [2.75, 3.05) is 5.88 Å². The minimum Gasteiger partial charge on any atom is -0.293 e. The number of aryl methyl sites for hydroxylation is 1. The molecule has 0 atom stereocenters. The average Bonchev–Trinajstić information content (AvgIpc) is 2.10. The van der Waals surface area contributed by atoms with Gasteiger partial charge in [-0.25, -0.2) is 0 Å². The summed E-state index contributed by atoms with van der Waals surface area (Å²) in [4.78, 5) is 11.3. The van der Waals surface area contributed by atoms with Crippen LogP contribution in [0.2, 0.25) is 5.02 Å². The number of halogens is 3. The minimum atomic E-state index is -0.156.